The van der Waals surface area contributed by atoms with Gasteiger partial charge in [0, 0.05) is 22.2 Å². The lowest BCUT2D eigenvalue weighted by Crippen LogP contribution is -2.14. The molecule has 0 fully saturated rings. The molecule has 0 aliphatic rings. The molecule has 0 radical (unpaired) electrons. The fourth-order valence-corrected chi connectivity index (χ4v) is 2.32. The van der Waals surface area contributed by atoms with E-state index in [1.807, 2.05) is 6.20 Å². The topological polar surface area (TPSA) is 17.3 Å². The highest BCUT2D eigenvalue weighted by molar-refractivity contribution is 7.15. The van der Waals surface area contributed by atoms with E-state index in [1.165, 1.54) is 11.4 Å². The molecular weight excluding hydrogens is 180 g/mol. The number of aromatic nitrogens is 2. The third-order valence-corrected chi connectivity index (χ3v) is 3.14. The van der Waals surface area contributed by atoms with Crippen LogP contribution in [-0.4, -0.2) is 9.38 Å². The molecule has 0 aliphatic carbocycles. The molecule has 70 valence electrons. The molecule has 2 rings (SSSR count). The first-order valence-corrected chi connectivity index (χ1v) is 5.30. The third-order valence-electron chi connectivity index (χ3n) is 2.19. The Kier molecular flexibility index (Phi) is 1.74. The molecule has 0 atom stereocenters. The summed E-state index contributed by atoms with van der Waals surface area (Å²) in [7, 11) is 0. The largest absolute Gasteiger partial charge is 0.291 e. The number of rotatable bonds is 0. The van der Waals surface area contributed by atoms with Crippen LogP contribution in [0.4, 0.5) is 0 Å². The summed E-state index contributed by atoms with van der Waals surface area (Å²) in [5, 5.41) is 2.15. The maximum absolute atomic E-state index is 4.39. The highest BCUT2D eigenvalue weighted by Crippen LogP contribution is 2.26. The number of imidazole rings is 1. The Hall–Kier alpha value is -0.830. The van der Waals surface area contributed by atoms with Crippen molar-refractivity contribution in [3.63, 3.8) is 0 Å². The molecule has 2 nitrogen and oxygen atoms in total. The molecule has 0 amide bonds. The molecular formula is C10H14N2S. The van der Waals surface area contributed by atoms with Gasteiger partial charge in [0.25, 0.3) is 0 Å². The normalized spacial score (nSPS) is 12.6. The van der Waals surface area contributed by atoms with Gasteiger partial charge < -0.3 is 0 Å². The van der Waals surface area contributed by atoms with Gasteiger partial charge in [-0.25, -0.2) is 4.98 Å². The monoisotopic (exact) mass is 194 g/mol. The van der Waals surface area contributed by atoms with E-state index in [0.717, 1.165) is 4.96 Å². The highest BCUT2D eigenvalue weighted by atomic mass is 32.1. The summed E-state index contributed by atoms with van der Waals surface area (Å²) in [4.78, 5) is 5.49. The Bertz CT molecular complexity index is 431. The molecule has 13 heavy (non-hydrogen) atoms. The third kappa shape index (κ3) is 1.27. The SMILES string of the molecule is Cc1csc2ncc(C(C)(C)C)n12. The van der Waals surface area contributed by atoms with Crippen LogP contribution in [0.25, 0.3) is 4.96 Å². The van der Waals surface area contributed by atoms with Crippen molar-refractivity contribution in [2.45, 2.75) is 33.1 Å². The second-order valence-corrected chi connectivity index (χ2v) is 5.23. The molecule has 2 aromatic heterocycles. The van der Waals surface area contributed by atoms with Gasteiger partial charge >= 0.3 is 0 Å². The standard InChI is InChI=1S/C10H14N2S/c1-7-6-13-9-11-5-8(12(7)9)10(2,3)4/h5-6H,1-4H3. The Morgan fingerprint density at radius 2 is 2.08 bits per heavy atom. The number of nitrogens with zero attached hydrogens (tertiary/aromatic N) is 2. The first-order valence-electron chi connectivity index (χ1n) is 4.42. The fourth-order valence-electron chi connectivity index (χ4n) is 1.48. The van der Waals surface area contributed by atoms with Crippen LogP contribution in [0.1, 0.15) is 32.2 Å². The van der Waals surface area contributed by atoms with Gasteiger partial charge in [0.15, 0.2) is 4.96 Å². The Morgan fingerprint density at radius 3 is 2.69 bits per heavy atom. The van der Waals surface area contributed by atoms with Crippen LogP contribution in [0, 0.1) is 6.92 Å². The minimum Gasteiger partial charge on any atom is -0.291 e. The predicted octanol–water partition coefficient (Wildman–Crippen LogP) is 3.00. The zero-order valence-electron chi connectivity index (χ0n) is 8.46. The zero-order valence-corrected chi connectivity index (χ0v) is 9.27. The minimum atomic E-state index is 0.172. The predicted molar refractivity (Wildman–Crippen MR) is 56.5 cm³/mol. The number of aryl methyl sites for hydroxylation is 1. The summed E-state index contributed by atoms with van der Waals surface area (Å²) in [5.41, 5.74) is 2.74. The van der Waals surface area contributed by atoms with E-state index in [9.17, 15) is 0 Å². The van der Waals surface area contributed by atoms with Crippen molar-refractivity contribution in [1.29, 1.82) is 0 Å². The minimum absolute atomic E-state index is 0.172. The summed E-state index contributed by atoms with van der Waals surface area (Å²) in [5.74, 6) is 0. The summed E-state index contributed by atoms with van der Waals surface area (Å²) >= 11 is 1.70. The Morgan fingerprint density at radius 1 is 1.38 bits per heavy atom. The van der Waals surface area contributed by atoms with Crippen molar-refractivity contribution < 1.29 is 0 Å². The lowest BCUT2D eigenvalue weighted by atomic mass is 9.93. The molecule has 2 heterocycles. The lowest BCUT2D eigenvalue weighted by molar-refractivity contribution is 0.562. The van der Waals surface area contributed by atoms with Crippen LogP contribution < -0.4 is 0 Å². The average molecular weight is 194 g/mol. The Labute approximate surface area is 82.2 Å². The van der Waals surface area contributed by atoms with Gasteiger partial charge in [0.2, 0.25) is 0 Å². The van der Waals surface area contributed by atoms with E-state index in [-0.39, 0.29) is 5.41 Å². The van der Waals surface area contributed by atoms with Gasteiger partial charge in [0.1, 0.15) is 0 Å². The number of thiazole rings is 1. The first kappa shape index (κ1) is 8.75. The van der Waals surface area contributed by atoms with Gasteiger partial charge in [-0.2, -0.15) is 0 Å². The molecule has 0 saturated carbocycles. The van der Waals surface area contributed by atoms with Crippen LogP contribution in [0.15, 0.2) is 11.6 Å². The van der Waals surface area contributed by atoms with Crippen molar-refractivity contribution in [2.24, 2.45) is 0 Å². The highest BCUT2D eigenvalue weighted by Gasteiger charge is 2.19. The van der Waals surface area contributed by atoms with E-state index in [1.54, 1.807) is 11.3 Å². The molecule has 0 bridgehead atoms. The van der Waals surface area contributed by atoms with Gasteiger partial charge in [-0.05, 0) is 6.92 Å². The van der Waals surface area contributed by atoms with Crippen molar-refractivity contribution in [3.8, 4) is 0 Å². The molecule has 2 aromatic rings. The maximum atomic E-state index is 4.39. The van der Waals surface area contributed by atoms with Crippen molar-refractivity contribution >= 4 is 16.3 Å². The van der Waals surface area contributed by atoms with Crippen LogP contribution in [-0.2, 0) is 5.41 Å². The molecule has 0 N–H and O–H groups in total. The Balaban J connectivity index is 2.76. The van der Waals surface area contributed by atoms with Crippen LogP contribution in [0.3, 0.4) is 0 Å². The van der Waals surface area contributed by atoms with Gasteiger partial charge in [-0.15, -0.1) is 11.3 Å². The molecule has 3 heteroatoms. The van der Waals surface area contributed by atoms with Crippen molar-refractivity contribution in [2.75, 3.05) is 0 Å². The molecule has 0 aromatic carbocycles. The van der Waals surface area contributed by atoms with E-state index in [4.69, 9.17) is 0 Å². The van der Waals surface area contributed by atoms with Crippen molar-refractivity contribution in [1.82, 2.24) is 9.38 Å². The summed E-state index contributed by atoms with van der Waals surface area (Å²) in [6.45, 7) is 8.77. The molecule has 0 spiro atoms. The second-order valence-electron chi connectivity index (χ2n) is 4.39. The number of fused-ring (bicyclic) bond motifs is 1. The van der Waals surface area contributed by atoms with Crippen LogP contribution >= 0.6 is 11.3 Å². The molecule has 0 aliphatic heterocycles. The zero-order chi connectivity index (χ0) is 9.64. The quantitative estimate of drug-likeness (QED) is 0.630. The number of hydrogen-bond donors (Lipinski definition) is 0. The molecule has 0 unspecified atom stereocenters. The smallest absolute Gasteiger partial charge is 0.194 e. The van der Waals surface area contributed by atoms with E-state index in [0.29, 0.717) is 0 Å². The van der Waals surface area contributed by atoms with E-state index < -0.39 is 0 Å². The summed E-state index contributed by atoms with van der Waals surface area (Å²) < 4.78 is 2.24. The maximum Gasteiger partial charge on any atom is 0.194 e. The van der Waals surface area contributed by atoms with Crippen molar-refractivity contribution in [3.05, 3.63) is 23.0 Å². The molecule has 0 saturated heterocycles. The van der Waals surface area contributed by atoms with E-state index in [2.05, 4.69) is 42.5 Å². The van der Waals surface area contributed by atoms with Gasteiger partial charge in [0.05, 0.1) is 6.20 Å². The van der Waals surface area contributed by atoms with E-state index >= 15 is 0 Å². The summed E-state index contributed by atoms with van der Waals surface area (Å²) in [6, 6.07) is 0. The first-order chi connectivity index (χ1) is 6.00. The second kappa shape index (κ2) is 2.58. The van der Waals surface area contributed by atoms with Crippen LogP contribution in [0.2, 0.25) is 0 Å². The summed E-state index contributed by atoms with van der Waals surface area (Å²) in [6.07, 6.45) is 1.98. The fraction of sp³-hybridized carbons (Fsp3) is 0.500. The van der Waals surface area contributed by atoms with Gasteiger partial charge in [-0.1, -0.05) is 20.8 Å². The van der Waals surface area contributed by atoms with Crippen LogP contribution in [0.5, 0.6) is 0 Å². The average Bonchev–Trinajstić information content (AvgIpc) is 2.51. The van der Waals surface area contributed by atoms with Gasteiger partial charge in [-0.3, -0.25) is 4.40 Å². The number of hydrogen-bond acceptors (Lipinski definition) is 2. The lowest BCUT2D eigenvalue weighted by Gasteiger charge is -2.17.